The monoisotopic (exact) mass is 565 g/mol. The van der Waals surface area contributed by atoms with E-state index < -0.39 is 17.2 Å². The van der Waals surface area contributed by atoms with Crippen LogP contribution in [0.3, 0.4) is 0 Å². The minimum atomic E-state index is -0.535. The van der Waals surface area contributed by atoms with E-state index in [1.165, 1.54) is 0 Å². The number of hydrogen-bond acceptors (Lipinski definition) is 6. The van der Waals surface area contributed by atoms with E-state index in [1.807, 2.05) is 25.5 Å². The maximum atomic E-state index is 12.4. The molecule has 0 bridgehead atoms. The number of nitrogens with one attached hydrogen (secondary N) is 3. The van der Waals surface area contributed by atoms with Gasteiger partial charge in [-0.15, -0.1) is 24.0 Å². The summed E-state index contributed by atoms with van der Waals surface area (Å²) in [6.07, 6.45) is 2.91. The molecule has 1 aliphatic heterocycles. The number of amides is 1. The van der Waals surface area contributed by atoms with E-state index in [2.05, 4.69) is 44.9 Å². The lowest BCUT2D eigenvalue weighted by Crippen LogP contribution is -2.58. The van der Waals surface area contributed by atoms with Gasteiger partial charge in [0.15, 0.2) is 11.8 Å². The minimum absolute atomic E-state index is 0. The van der Waals surface area contributed by atoms with Crippen LogP contribution < -0.4 is 16.0 Å². The van der Waals surface area contributed by atoms with E-state index in [0.717, 1.165) is 38.1 Å². The highest BCUT2D eigenvalue weighted by Gasteiger charge is 2.31. The van der Waals surface area contributed by atoms with Crippen molar-refractivity contribution in [2.24, 2.45) is 4.99 Å². The molecule has 1 unspecified atom stereocenters. The minimum Gasteiger partial charge on any atom is -0.444 e. The summed E-state index contributed by atoms with van der Waals surface area (Å²) in [5.41, 5.74) is -0.965. The molecule has 3 N–H and O–H groups in total. The molecule has 0 aromatic carbocycles. The highest BCUT2D eigenvalue weighted by molar-refractivity contribution is 14.0. The second kappa shape index (κ2) is 12.6. The van der Waals surface area contributed by atoms with Gasteiger partial charge in [-0.05, 0) is 40.0 Å². The first-order valence-electron chi connectivity index (χ1n) is 11.0. The molecular formula is C21H40IN7O3. The second-order valence-electron chi connectivity index (χ2n) is 8.98. The van der Waals surface area contributed by atoms with Gasteiger partial charge in [0.2, 0.25) is 0 Å². The first-order chi connectivity index (χ1) is 14.6. The van der Waals surface area contributed by atoms with Crippen molar-refractivity contribution in [3.05, 3.63) is 11.6 Å². The number of aryl methyl sites for hydroxylation is 1. The fraction of sp³-hybridized carbons (Fsp3) is 0.810. The summed E-state index contributed by atoms with van der Waals surface area (Å²) in [4.78, 5) is 21.2. The van der Waals surface area contributed by atoms with Crippen molar-refractivity contribution in [2.75, 3.05) is 20.7 Å². The third-order valence-corrected chi connectivity index (χ3v) is 5.45. The Hall–Kier alpha value is -1.63. The fourth-order valence-corrected chi connectivity index (χ4v) is 3.55. The molecule has 1 amide bonds. The number of hydrogen-bond donors (Lipinski definition) is 3. The van der Waals surface area contributed by atoms with Gasteiger partial charge in [-0.2, -0.15) is 5.10 Å². The van der Waals surface area contributed by atoms with Crippen LogP contribution in [0.25, 0.3) is 0 Å². The zero-order valence-corrected chi connectivity index (χ0v) is 22.8. The molecule has 1 aromatic heterocycles. The quantitative estimate of drug-likeness (QED) is 0.252. The standard InChI is InChI=1S/C21H39N7O3.HI/c1-8-21(9-2,26-19(29)31-20(3,4)5)14-23-18(22-6)24-15-10-11-17-25-16(13-30-7)27-28(17)12-15;/h15H,8-14H2,1-7H3,(H,26,29)(H2,22,23,24);1H. The number of carbonyl (C=O) groups is 1. The van der Waals surface area contributed by atoms with Crippen LogP contribution in [0.1, 0.15) is 65.5 Å². The molecule has 11 heteroatoms. The molecule has 0 spiro atoms. The summed E-state index contributed by atoms with van der Waals surface area (Å²) in [6, 6.07) is 0.187. The zero-order chi connectivity index (χ0) is 23.1. The first-order valence-corrected chi connectivity index (χ1v) is 11.0. The Bertz CT molecular complexity index is 757. The predicted octanol–water partition coefficient (Wildman–Crippen LogP) is 2.61. The number of methoxy groups -OCH3 is 1. The third-order valence-electron chi connectivity index (χ3n) is 5.45. The summed E-state index contributed by atoms with van der Waals surface area (Å²) < 4.78 is 12.5. The largest absolute Gasteiger partial charge is 0.444 e. The van der Waals surface area contributed by atoms with E-state index in [-0.39, 0.29) is 30.0 Å². The topological polar surface area (TPSA) is 115 Å². The van der Waals surface area contributed by atoms with E-state index in [0.29, 0.717) is 24.9 Å². The number of aliphatic imine (C=N–C) groups is 1. The van der Waals surface area contributed by atoms with Crippen molar-refractivity contribution < 1.29 is 14.3 Å². The van der Waals surface area contributed by atoms with Gasteiger partial charge < -0.3 is 25.4 Å². The van der Waals surface area contributed by atoms with Gasteiger partial charge in [-0.3, -0.25) is 4.99 Å². The van der Waals surface area contributed by atoms with Gasteiger partial charge in [0.1, 0.15) is 18.0 Å². The normalized spacial score (nSPS) is 16.6. The van der Waals surface area contributed by atoms with E-state index in [4.69, 9.17) is 9.47 Å². The molecule has 0 fully saturated rings. The van der Waals surface area contributed by atoms with Crippen molar-refractivity contribution in [3.8, 4) is 0 Å². The van der Waals surface area contributed by atoms with Crippen molar-refractivity contribution in [1.82, 2.24) is 30.7 Å². The third kappa shape index (κ3) is 8.38. The van der Waals surface area contributed by atoms with Crippen LogP contribution in [-0.4, -0.2) is 64.7 Å². The Labute approximate surface area is 208 Å². The summed E-state index contributed by atoms with van der Waals surface area (Å²) in [5.74, 6) is 2.40. The number of nitrogens with zero attached hydrogens (tertiary/aromatic N) is 4. The number of guanidine groups is 1. The van der Waals surface area contributed by atoms with Gasteiger partial charge in [0.25, 0.3) is 0 Å². The van der Waals surface area contributed by atoms with Crippen molar-refractivity contribution in [3.63, 3.8) is 0 Å². The molecule has 1 aliphatic rings. The zero-order valence-electron chi connectivity index (χ0n) is 20.4. The molecule has 2 heterocycles. The van der Waals surface area contributed by atoms with Crippen LogP contribution in [0, 0.1) is 0 Å². The summed E-state index contributed by atoms with van der Waals surface area (Å²) in [6.45, 7) is 11.4. The van der Waals surface area contributed by atoms with Crippen LogP contribution >= 0.6 is 24.0 Å². The van der Waals surface area contributed by atoms with E-state index in [1.54, 1.807) is 14.2 Å². The number of rotatable bonds is 8. The highest BCUT2D eigenvalue weighted by Crippen LogP contribution is 2.17. The Morgan fingerprint density at radius 1 is 1.28 bits per heavy atom. The number of alkyl carbamates (subject to hydrolysis) is 1. The molecule has 0 radical (unpaired) electrons. The Kier molecular flexibility index (Phi) is 11.2. The molecule has 184 valence electrons. The van der Waals surface area contributed by atoms with Crippen molar-refractivity contribution >= 4 is 36.0 Å². The molecule has 10 nitrogen and oxygen atoms in total. The maximum absolute atomic E-state index is 12.4. The Morgan fingerprint density at radius 2 is 1.97 bits per heavy atom. The van der Waals surface area contributed by atoms with Crippen LogP contribution in [0.15, 0.2) is 4.99 Å². The lowest BCUT2D eigenvalue weighted by atomic mass is 9.93. The molecule has 0 saturated carbocycles. The smallest absolute Gasteiger partial charge is 0.408 e. The number of aromatic nitrogens is 3. The summed E-state index contributed by atoms with van der Waals surface area (Å²) >= 11 is 0. The summed E-state index contributed by atoms with van der Waals surface area (Å²) in [7, 11) is 3.39. The molecular weight excluding hydrogens is 525 g/mol. The van der Waals surface area contributed by atoms with Gasteiger partial charge in [-0.25, -0.2) is 14.5 Å². The lowest BCUT2D eigenvalue weighted by molar-refractivity contribution is 0.0448. The maximum Gasteiger partial charge on any atom is 0.408 e. The molecule has 1 atom stereocenters. The molecule has 2 rings (SSSR count). The number of carbonyl (C=O) groups excluding carboxylic acids is 1. The van der Waals surface area contributed by atoms with Gasteiger partial charge in [0, 0.05) is 33.2 Å². The highest BCUT2D eigenvalue weighted by atomic mass is 127. The van der Waals surface area contributed by atoms with Crippen LogP contribution in [0.2, 0.25) is 0 Å². The molecule has 0 aliphatic carbocycles. The number of ether oxygens (including phenoxy) is 2. The molecule has 1 aromatic rings. The number of halogens is 1. The Morgan fingerprint density at radius 3 is 2.53 bits per heavy atom. The first kappa shape index (κ1) is 28.4. The average molecular weight is 566 g/mol. The average Bonchev–Trinajstić information content (AvgIpc) is 3.10. The van der Waals surface area contributed by atoms with Crippen molar-refractivity contribution in [2.45, 2.75) is 90.6 Å². The van der Waals surface area contributed by atoms with Crippen LogP contribution in [0.5, 0.6) is 0 Å². The van der Waals surface area contributed by atoms with Gasteiger partial charge >= 0.3 is 6.09 Å². The predicted molar refractivity (Wildman–Crippen MR) is 135 cm³/mol. The number of fused-ring (bicyclic) bond motifs is 1. The van der Waals surface area contributed by atoms with Crippen LogP contribution in [-0.2, 0) is 29.0 Å². The second-order valence-corrected chi connectivity index (χ2v) is 8.98. The van der Waals surface area contributed by atoms with Gasteiger partial charge in [-0.1, -0.05) is 13.8 Å². The van der Waals surface area contributed by atoms with Crippen molar-refractivity contribution in [1.29, 1.82) is 0 Å². The Balaban J connectivity index is 0.00000512. The van der Waals surface area contributed by atoms with E-state index >= 15 is 0 Å². The van der Waals surface area contributed by atoms with E-state index in [9.17, 15) is 4.79 Å². The van der Waals surface area contributed by atoms with Gasteiger partial charge in [0.05, 0.1) is 12.1 Å². The molecule has 0 saturated heterocycles. The SMILES string of the molecule is CCC(CC)(CNC(=NC)NC1CCc2nc(COC)nn2C1)NC(=O)OC(C)(C)C.I. The lowest BCUT2D eigenvalue weighted by Gasteiger charge is -2.35. The molecule has 32 heavy (non-hydrogen) atoms. The summed E-state index contributed by atoms with van der Waals surface area (Å²) in [5, 5.41) is 14.4. The fourth-order valence-electron chi connectivity index (χ4n) is 3.55. The van der Waals surface area contributed by atoms with Crippen LogP contribution in [0.4, 0.5) is 4.79 Å².